The van der Waals surface area contributed by atoms with E-state index in [4.69, 9.17) is 14.8 Å². The van der Waals surface area contributed by atoms with Gasteiger partial charge in [0.15, 0.2) is 0 Å². The monoisotopic (exact) mass is 433 g/mol. The van der Waals surface area contributed by atoms with Crippen LogP contribution in [0.25, 0.3) is 16.7 Å². The molecule has 8 nitrogen and oxygen atoms in total. The summed E-state index contributed by atoms with van der Waals surface area (Å²) in [5.41, 5.74) is 1.57. The van der Waals surface area contributed by atoms with Crippen LogP contribution in [-0.2, 0) is 6.54 Å². The molecule has 0 aliphatic heterocycles. The van der Waals surface area contributed by atoms with Gasteiger partial charge >= 0.3 is 0 Å². The van der Waals surface area contributed by atoms with E-state index in [9.17, 15) is 9.59 Å². The average molecular weight is 434 g/mol. The summed E-state index contributed by atoms with van der Waals surface area (Å²) in [6, 6.07) is 8.71. The van der Waals surface area contributed by atoms with Crippen molar-refractivity contribution in [1.82, 2.24) is 19.3 Å². The Morgan fingerprint density at radius 1 is 1.19 bits per heavy atom. The SMILES string of the molecule is CCCCCCNC(=O)c1cc2c(=O)n3cccc(C)c3nc2n(Cc2ccco2)c1=N. The quantitative estimate of drug-likeness (QED) is 0.328. The van der Waals surface area contributed by atoms with Crippen LogP contribution in [0.15, 0.2) is 52.0 Å². The van der Waals surface area contributed by atoms with Crippen LogP contribution in [-0.4, -0.2) is 26.4 Å². The lowest BCUT2D eigenvalue weighted by molar-refractivity contribution is 0.0950. The van der Waals surface area contributed by atoms with Crippen molar-refractivity contribution >= 4 is 22.6 Å². The minimum absolute atomic E-state index is 0.00945. The molecule has 166 valence electrons. The Balaban J connectivity index is 1.86. The molecule has 0 fully saturated rings. The number of nitrogens with zero attached hydrogens (tertiary/aromatic N) is 3. The fourth-order valence-corrected chi connectivity index (χ4v) is 3.83. The summed E-state index contributed by atoms with van der Waals surface area (Å²) in [5.74, 6) is 0.240. The number of carbonyl (C=O) groups excluding carboxylic acids is 1. The zero-order chi connectivity index (χ0) is 22.7. The van der Waals surface area contributed by atoms with E-state index in [-0.39, 0.29) is 34.4 Å². The molecule has 0 saturated carbocycles. The molecule has 4 aromatic rings. The van der Waals surface area contributed by atoms with Crippen molar-refractivity contribution in [2.45, 2.75) is 46.1 Å². The van der Waals surface area contributed by atoms with Gasteiger partial charge in [-0.1, -0.05) is 32.3 Å². The lowest BCUT2D eigenvalue weighted by atomic mass is 10.1. The number of aromatic nitrogens is 3. The number of unbranched alkanes of at least 4 members (excludes halogenated alkanes) is 3. The van der Waals surface area contributed by atoms with E-state index >= 15 is 0 Å². The number of furan rings is 1. The molecular weight excluding hydrogens is 406 g/mol. The Morgan fingerprint density at radius 3 is 2.78 bits per heavy atom. The maximum absolute atomic E-state index is 13.3. The van der Waals surface area contributed by atoms with Gasteiger partial charge in [0.1, 0.15) is 22.5 Å². The van der Waals surface area contributed by atoms with E-state index in [2.05, 4.69) is 12.2 Å². The molecule has 4 aromatic heterocycles. The van der Waals surface area contributed by atoms with E-state index in [1.807, 2.05) is 13.0 Å². The zero-order valence-electron chi connectivity index (χ0n) is 18.4. The largest absolute Gasteiger partial charge is 0.467 e. The number of rotatable bonds is 8. The van der Waals surface area contributed by atoms with Gasteiger partial charge in [-0.2, -0.15) is 0 Å². The molecule has 0 radical (unpaired) electrons. The third-order valence-electron chi connectivity index (χ3n) is 5.59. The molecule has 0 bridgehead atoms. The second kappa shape index (κ2) is 9.21. The minimum atomic E-state index is -0.365. The van der Waals surface area contributed by atoms with Gasteiger partial charge < -0.3 is 14.3 Å². The van der Waals surface area contributed by atoms with Crippen molar-refractivity contribution in [2.24, 2.45) is 0 Å². The highest BCUT2D eigenvalue weighted by Crippen LogP contribution is 2.14. The van der Waals surface area contributed by atoms with Gasteiger partial charge in [0.2, 0.25) is 0 Å². The Kier molecular flexibility index (Phi) is 6.20. The van der Waals surface area contributed by atoms with Crippen LogP contribution in [0, 0.1) is 12.3 Å². The number of aryl methyl sites for hydroxylation is 1. The van der Waals surface area contributed by atoms with Crippen LogP contribution in [0.1, 0.15) is 54.3 Å². The third kappa shape index (κ3) is 4.08. The Hall–Kier alpha value is -3.68. The first-order valence-electron chi connectivity index (χ1n) is 10.9. The van der Waals surface area contributed by atoms with Crippen LogP contribution in [0.2, 0.25) is 0 Å². The molecule has 0 aromatic carbocycles. The summed E-state index contributed by atoms with van der Waals surface area (Å²) in [7, 11) is 0. The number of nitrogens with one attached hydrogen (secondary N) is 2. The van der Waals surface area contributed by atoms with E-state index < -0.39 is 0 Å². The number of hydrogen-bond acceptors (Lipinski definition) is 5. The molecule has 4 heterocycles. The second-order valence-corrected chi connectivity index (χ2v) is 7.93. The minimum Gasteiger partial charge on any atom is -0.467 e. The maximum atomic E-state index is 13.3. The molecule has 8 heteroatoms. The molecule has 0 atom stereocenters. The van der Waals surface area contributed by atoms with Gasteiger partial charge in [-0.3, -0.25) is 19.4 Å². The van der Waals surface area contributed by atoms with Crippen LogP contribution < -0.4 is 16.4 Å². The predicted molar refractivity (Wildman–Crippen MR) is 122 cm³/mol. The summed E-state index contributed by atoms with van der Waals surface area (Å²) in [5, 5.41) is 11.9. The van der Waals surface area contributed by atoms with Gasteiger partial charge in [0.25, 0.3) is 11.5 Å². The molecule has 0 spiro atoms. The summed E-state index contributed by atoms with van der Waals surface area (Å²) >= 11 is 0. The number of amides is 1. The predicted octanol–water partition coefficient (Wildman–Crippen LogP) is 3.39. The van der Waals surface area contributed by atoms with Crippen LogP contribution >= 0.6 is 0 Å². The summed E-state index contributed by atoms with van der Waals surface area (Å²) in [4.78, 5) is 30.9. The van der Waals surface area contributed by atoms with Crippen molar-refractivity contribution in [1.29, 1.82) is 5.41 Å². The van der Waals surface area contributed by atoms with E-state index in [0.29, 0.717) is 23.6 Å². The zero-order valence-corrected chi connectivity index (χ0v) is 18.4. The van der Waals surface area contributed by atoms with Crippen molar-refractivity contribution in [3.63, 3.8) is 0 Å². The lowest BCUT2D eigenvalue weighted by Gasteiger charge is -2.14. The second-order valence-electron chi connectivity index (χ2n) is 7.93. The Labute approximate surface area is 185 Å². The molecule has 2 N–H and O–H groups in total. The van der Waals surface area contributed by atoms with Crippen molar-refractivity contribution < 1.29 is 9.21 Å². The van der Waals surface area contributed by atoms with E-state index in [1.54, 1.807) is 35.2 Å². The van der Waals surface area contributed by atoms with E-state index in [0.717, 1.165) is 31.2 Å². The number of fused-ring (bicyclic) bond motifs is 2. The third-order valence-corrected chi connectivity index (χ3v) is 5.59. The highest BCUT2D eigenvalue weighted by molar-refractivity contribution is 5.96. The first kappa shape index (κ1) is 21.5. The highest BCUT2D eigenvalue weighted by Gasteiger charge is 2.18. The fraction of sp³-hybridized carbons (Fsp3) is 0.333. The normalized spacial score (nSPS) is 11.3. The van der Waals surface area contributed by atoms with Crippen molar-refractivity contribution in [2.75, 3.05) is 6.54 Å². The molecule has 0 saturated heterocycles. The molecule has 1 amide bonds. The van der Waals surface area contributed by atoms with Gasteiger partial charge in [0.05, 0.1) is 23.8 Å². The number of carbonyl (C=O) groups is 1. The van der Waals surface area contributed by atoms with Gasteiger partial charge in [-0.25, -0.2) is 4.98 Å². The van der Waals surface area contributed by atoms with Crippen LogP contribution in [0.3, 0.4) is 0 Å². The molecule has 0 aliphatic rings. The standard InChI is InChI=1S/C24H27N5O3/c1-3-4-5-6-11-26-23(30)18-14-19-22(29(20(18)25)15-17-10-8-13-32-17)27-21-16(2)9-7-12-28(21)24(19)31/h7-10,12-14,25H,3-6,11,15H2,1-2H3,(H,26,30). The summed E-state index contributed by atoms with van der Waals surface area (Å²) in [6.07, 6.45) is 7.37. The highest BCUT2D eigenvalue weighted by atomic mass is 16.3. The number of hydrogen-bond donors (Lipinski definition) is 2. The molecule has 32 heavy (non-hydrogen) atoms. The van der Waals surface area contributed by atoms with Crippen LogP contribution in [0.4, 0.5) is 0 Å². The first-order chi connectivity index (χ1) is 15.5. The first-order valence-corrected chi connectivity index (χ1v) is 10.9. The van der Waals surface area contributed by atoms with Crippen LogP contribution in [0.5, 0.6) is 0 Å². The van der Waals surface area contributed by atoms with Crippen molar-refractivity contribution in [3.8, 4) is 0 Å². The fourth-order valence-electron chi connectivity index (χ4n) is 3.83. The molecular formula is C24H27N5O3. The smallest absolute Gasteiger partial charge is 0.267 e. The Bertz CT molecular complexity index is 1380. The summed E-state index contributed by atoms with van der Waals surface area (Å²) in [6.45, 7) is 4.74. The summed E-state index contributed by atoms with van der Waals surface area (Å²) < 4.78 is 8.51. The molecule has 4 rings (SSSR count). The molecule has 0 unspecified atom stereocenters. The topological polar surface area (TPSA) is 105 Å². The van der Waals surface area contributed by atoms with Crippen molar-refractivity contribution in [3.05, 3.63) is 75.5 Å². The lowest BCUT2D eigenvalue weighted by Crippen LogP contribution is -2.35. The van der Waals surface area contributed by atoms with Gasteiger partial charge in [-0.15, -0.1) is 0 Å². The number of pyridine rings is 2. The average Bonchev–Trinajstić information content (AvgIpc) is 3.29. The van der Waals surface area contributed by atoms with Gasteiger partial charge in [-0.05, 0) is 43.2 Å². The maximum Gasteiger partial charge on any atom is 0.267 e. The van der Waals surface area contributed by atoms with E-state index in [1.165, 1.54) is 10.5 Å². The molecule has 0 aliphatic carbocycles. The van der Waals surface area contributed by atoms with Gasteiger partial charge in [0, 0.05) is 12.7 Å². The Morgan fingerprint density at radius 2 is 2.03 bits per heavy atom.